The van der Waals surface area contributed by atoms with Gasteiger partial charge in [-0.3, -0.25) is 0 Å². The van der Waals surface area contributed by atoms with Crippen molar-refractivity contribution in [3.05, 3.63) is 35.5 Å². The SMILES string of the molecule is C=C1CC[C@@]2(C)[C@H]([C@H](C)CCC=C(C)C)CC[C@]23CC=C(C(=O)O)CC[C@@H]13. The summed E-state index contributed by atoms with van der Waals surface area (Å²) in [4.78, 5) is 11.6. The molecule has 150 valence electrons. The van der Waals surface area contributed by atoms with Gasteiger partial charge in [0, 0.05) is 5.57 Å². The smallest absolute Gasteiger partial charge is 0.331 e. The first-order chi connectivity index (χ1) is 12.7. The lowest BCUT2D eigenvalue weighted by molar-refractivity contribution is -0.132. The molecule has 0 aromatic heterocycles. The van der Waals surface area contributed by atoms with Gasteiger partial charge in [-0.1, -0.05) is 43.7 Å². The van der Waals surface area contributed by atoms with Crippen LogP contribution in [-0.4, -0.2) is 11.1 Å². The lowest BCUT2D eigenvalue weighted by atomic mass is 9.48. The van der Waals surface area contributed by atoms with Gasteiger partial charge < -0.3 is 5.11 Å². The number of hydrogen-bond acceptors (Lipinski definition) is 1. The van der Waals surface area contributed by atoms with Crippen molar-refractivity contribution in [1.29, 1.82) is 0 Å². The predicted molar refractivity (Wildman–Crippen MR) is 113 cm³/mol. The van der Waals surface area contributed by atoms with E-state index in [-0.39, 0.29) is 5.41 Å². The summed E-state index contributed by atoms with van der Waals surface area (Å²) in [5, 5.41) is 9.55. The third kappa shape index (κ3) is 3.45. The molecular weight excluding hydrogens is 332 g/mol. The summed E-state index contributed by atoms with van der Waals surface area (Å²) in [7, 11) is 0. The summed E-state index contributed by atoms with van der Waals surface area (Å²) in [5.74, 6) is 1.25. The van der Waals surface area contributed by atoms with E-state index < -0.39 is 5.97 Å². The number of allylic oxidation sites excluding steroid dienone is 4. The molecule has 0 aliphatic heterocycles. The van der Waals surface area contributed by atoms with Crippen molar-refractivity contribution in [2.45, 2.75) is 85.5 Å². The second-order valence-electron chi connectivity index (χ2n) is 10.0. The van der Waals surface area contributed by atoms with E-state index in [1.165, 1.54) is 43.3 Å². The minimum Gasteiger partial charge on any atom is -0.478 e. The van der Waals surface area contributed by atoms with Crippen molar-refractivity contribution in [2.75, 3.05) is 0 Å². The molecule has 0 amide bonds. The molecule has 3 aliphatic rings. The van der Waals surface area contributed by atoms with E-state index >= 15 is 0 Å². The lowest BCUT2D eigenvalue weighted by Gasteiger charge is -2.56. The quantitative estimate of drug-likeness (QED) is 0.533. The maximum atomic E-state index is 11.6. The Morgan fingerprint density at radius 3 is 2.74 bits per heavy atom. The second kappa shape index (κ2) is 7.60. The Morgan fingerprint density at radius 1 is 1.33 bits per heavy atom. The molecule has 3 rings (SSSR count). The summed E-state index contributed by atoms with van der Waals surface area (Å²) >= 11 is 0. The van der Waals surface area contributed by atoms with E-state index in [0.717, 1.165) is 31.1 Å². The van der Waals surface area contributed by atoms with Crippen LogP contribution in [0.15, 0.2) is 35.5 Å². The van der Waals surface area contributed by atoms with Crippen LogP contribution in [0.1, 0.15) is 85.5 Å². The first kappa shape index (κ1) is 20.4. The zero-order valence-corrected chi connectivity index (χ0v) is 17.8. The van der Waals surface area contributed by atoms with Gasteiger partial charge in [0.2, 0.25) is 0 Å². The minimum absolute atomic E-state index is 0.231. The van der Waals surface area contributed by atoms with E-state index in [1.54, 1.807) is 0 Å². The number of hydrogen-bond donors (Lipinski definition) is 1. The molecule has 2 heteroatoms. The number of carbonyl (C=O) groups is 1. The van der Waals surface area contributed by atoms with Gasteiger partial charge in [-0.25, -0.2) is 4.79 Å². The molecular formula is C25H38O2. The Hall–Kier alpha value is -1.31. The van der Waals surface area contributed by atoms with E-state index in [2.05, 4.69) is 46.4 Å². The molecule has 1 N–H and O–H groups in total. The fraction of sp³-hybridized carbons (Fsp3) is 0.720. The van der Waals surface area contributed by atoms with Crippen molar-refractivity contribution in [3.63, 3.8) is 0 Å². The Bertz CT molecular complexity index is 666. The molecule has 0 radical (unpaired) electrons. The molecule has 2 nitrogen and oxygen atoms in total. The van der Waals surface area contributed by atoms with E-state index in [1.807, 2.05) is 0 Å². The molecule has 3 aliphatic carbocycles. The van der Waals surface area contributed by atoms with Crippen molar-refractivity contribution in [3.8, 4) is 0 Å². The van der Waals surface area contributed by atoms with Crippen molar-refractivity contribution >= 4 is 5.97 Å². The molecule has 2 saturated carbocycles. The largest absolute Gasteiger partial charge is 0.478 e. The summed E-state index contributed by atoms with van der Waals surface area (Å²) in [6, 6.07) is 0. The Balaban J connectivity index is 1.89. The molecule has 0 saturated heterocycles. The number of carboxylic acids is 1. The van der Waals surface area contributed by atoms with Crippen LogP contribution in [0.4, 0.5) is 0 Å². The molecule has 0 aromatic rings. The van der Waals surface area contributed by atoms with Crippen LogP contribution < -0.4 is 0 Å². The third-order valence-corrected chi connectivity index (χ3v) is 8.53. The second-order valence-corrected chi connectivity index (χ2v) is 10.0. The lowest BCUT2D eigenvalue weighted by Crippen LogP contribution is -2.48. The highest BCUT2D eigenvalue weighted by atomic mass is 16.4. The Morgan fingerprint density at radius 2 is 2.07 bits per heavy atom. The average Bonchev–Trinajstić information content (AvgIpc) is 2.76. The number of carboxylic acid groups (broad SMARTS) is 1. The van der Waals surface area contributed by atoms with Gasteiger partial charge in [-0.2, -0.15) is 0 Å². The highest BCUT2D eigenvalue weighted by Gasteiger charge is 2.62. The number of rotatable bonds is 5. The molecule has 27 heavy (non-hydrogen) atoms. The third-order valence-electron chi connectivity index (χ3n) is 8.53. The minimum atomic E-state index is -0.720. The normalized spacial score (nSPS) is 36.9. The monoisotopic (exact) mass is 370 g/mol. The molecule has 1 spiro atoms. The highest BCUT2D eigenvalue weighted by molar-refractivity contribution is 5.86. The van der Waals surface area contributed by atoms with Gasteiger partial charge in [-0.05, 0) is 100 Å². The molecule has 0 heterocycles. The molecule has 5 atom stereocenters. The maximum absolute atomic E-state index is 11.6. The zero-order valence-electron chi connectivity index (χ0n) is 17.8. The number of aliphatic carboxylic acids is 1. The van der Waals surface area contributed by atoms with Crippen LogP contribution >= 0.6 is 0 Å². The van der Waals surface area contributed by atoms with E-state index in [9.17, 15) is 9.90 Å². The van der Waals surface area contributed by atoms with Gasteiger partial charge in [-0.15, -0.1) is 0 Å². The fourth-order valence-electron chi connectivity index (χ4n) is 6.99. The van der Waals surface area contributed by atoms with E-state index in [4.69, 9.17) is 0 Å². The van der Waals surface area contributed by atoms with Crippen molar-refractivity contribution in [1.82, 2.24) is 0 Å². The Kier molecular flexibility index (Phi) is 5.75. The summed E-state index contributed by atoms with van der Waals surface area (Å²) in [6.45, 7) is 13.8. The van der Waals surface area contributed by atoms with Gasteiger partial charge in [0.05, 0.1) is 0 Å². The van der Waals surface area contributed by atoms with Crippen molar-refractivity contribution in [2.24, 2.45) is 28.6 Å². The predicted octanol–water partition coefficient (Wildman–Crippen LogP) is 6.93. The molecule has 2 fully saturated rings. The average molecular weight is 371 g/mol. The van der Waals surface area contributed by atoms with Crippen LogP contribution in [0.5, 0.6) is 0 Å². The van der Waals surface area contributed by atoms with Crippen LogP contribution in [-0.2, 0) is 4.79 Å². The van der Waals surface area contributed by atoms with Crippen LogP contribution in [0.25, 0.3) is 0 Å². The molecule has 0 aromatic carbocycles. The molecule has 0 unspecified atom stereocenters. The van der Waals surface area contributed by atoms with Gasteiger partial charge in [0.15, 0.2) is 0 Å². The zero-order chi connectivity index (χ0) is 19.8. The topological polar surface area (TPSA) is 37.3 Å². The van der Waals surface area contributed by atoms with Crippen LogP contribution in [0.3, 0.4) is 0 Å². The Labute approximate surface area is 165 Å². The standard InChI is InChI=1S/C25H38O2/c1-17(2)7-6-8-18(3)21-13-16-25-15-12-20(23(26)27)9-10-22(25)19(4)11-14-24(21,25)5/h7,12,18,21-22H,4,6,8-11,13-16H2,1-3,5H3,(H,26,27)/t18-,21+,22+,24+,25+/m1/s1. The van der Waals surface area contributed by atoms with Gasteiger partial charge in [0.1, 0.15) is 0 Å². The summed E-state index contributed by atoms with van der Waals surface area (Å²) in [6.07, 6.45) is 14.4. The first-order valence-electron chi connectivity index (χ1n) is 10.9. The fourth-order valence-corrected chi connectivity index (χ4v) is 6.99. The highest BCUT2D eigenvalue weighted by Crippen LogP contribution is 2.71. The molecule has 0 bridgehead atoms. The summed E-state index contributed by atoms with van der Waals surface area (Å²) in [5.41, 5.74) is 3.99. The van der Waals surface area contributed by atoms with Gasteiger partial charge in [0.25, 0.3) is 0 Å². The van der Waals surface area contributed by atoms with E-state index in [0.29, 0.717) is 23.3 Å². The van der Waals surface area contributed by atoms with Gasteiger partial charge >= 0.3 is 5.97 Å². The maximum Gasteiger partial charge on any atom is 0.331 e. The van der Waals surface area contributed by atoms with Crippen LogP contribution in [0, 0.1) is 28.6 Å². The van der Waals surface area contributed by atoms with Crippen molar-refractivity contribution < 1.29 is 9.90 Å². The first-order valence-corrected chi connectivity index (χ1v) is 10.9. The van der Waals surface area contributed by atoms with Crippen LogP contribution in [0.2, 0.25) is 0 Å². The summed E-state index contributed by atoms with van der Waals surface area (Å²) < 4.78 is 0.